The van der Waals surface area contributed by atoms with E-state index < -0.39 is 46.5 Å². The zero-order chi connectivity index (χ0) is 17.1. The third kappa shape index (κ3) is 3.38. The van der Waals surface area contributed by atoms with Gasteiger partial charge in [-0.15, -0.1) is 0 Å². The molecule has 23 heavy (non-hydrogen) atoms. The normalized spacial score (nSPS) is 20.6. The number of rotatable bonds is 4. The van der Waals surface area contributed by atoms with E-state index in [9.17, 15) is 26.7 Å². The van der Waals surface area contributed by atoms with Crippen molar-refractivity contribution in [3.05, 3.63) is 46.8 Å². The molecule has 0 aromatic heterocycles. The Hall–Kier alpha value is -1.92. The van der Waals surface area contributed by atoms with Gasteiger partial charge in [0.2, 0.25) is 5.82 Å². The molecule has 7 heteroatoms. The Kier molecular flexibility index (Phi) is 5.38. The third-order valence-corrected chi connectivity index (χ3v) is 4.09. The van der Waals surface area contributed by atoms with Crippen molar-refractivity contribution in [3.63, 3.8) is 0 Å². The lowest BCUT2D eigenvalue weighted by molar-refractivity contribution is -0.145. The van der Waals surface area contributed by atoms with Crippen LogP contribution in [0.25, 0.3) is 0 Å². The fourth-order valence-electron chi connectivity index (χ4n) is 2.82. The number of ether oxygens (including phenoxy) is 1. The van der Waals surface area contributed by atoms with Crippen LogP contribution in [0, 0.1) is 40.9 Å². The van der Waals surface area contributed by atoms with Crippen LogP contribution in [0.5, 0.6) is 0 Å². The highest BCUT2D eigenvalue weighted by molar-refractivity contribution is 5.74. The van der Waals surface area contributed by atoms with Gasteiger partial charge in [0.15, 0.2) is 23.3 Å². The number of hydrogen-bond acceptors (Lipinski definition) is 2. The Balaban J connectivity index is 2.21. The second-order valence-corrected chi connectivity index (χ2v) is 5.40. The van der Waals surface area contributed by atoms with Crippen molar-refractivity contribution in [2.24, 2.45) is 11.8 Å². The van der Waals surface area contributed by atoms with Crippen LogP contribution in [0.2, 0.25) is 0 Å². The van der Waals surface area contributed by atoms with Crippen LogP contribution in [0.15, 0.2) is 12.2 Å². The molecule has 0 N–H and O–H groups in total. The first kappa shape index (κ1) is 17.4. The van der Waals surface area contributed by atoms with E-state index in [0.717, 1.165) is 0 Å². The number of methoxy groups -OCH3 is 1. The maximum absolute atomic E-state index is 13.7. The Bertz CT molecular complexity index is 613. The summed E-state index contributed by atoms with van der Waals surface area (Å²) in [7, 11) is 1.23. The summed E-state index contributed by atoms with van der Waals surface area (Å²) in [4.78, 5) is 11.7. The lowest BCUT2D eigenvalue weighted by Crippen LogP contribution is -2.26. The molecule has 1 aliphatic carbocycles. The first-order chi connectivity index (χ1) is 10.9. The second kappa shape index (κ2) is 7.10. The number of hydrogen-bond donors (Lipinski definition) is 0. The van der Waals surface area contributed by atoms with Crippen LogP contribution in [0.1, 0.15) is 24.8 Å². The fourth-order valence-corrected chi connectivity index (χ4v) is 2.82. The average Bonchev–Trinajstić information content (AvgIpc) is 2.57. The van der Waals surface area contributed by atoms with Gasteiger partial charge >= 0.3 is 5.97 Å². The molecule has 2 rings (SSSR count). The van der Waals surface area contributed by atoms with Crippen LogP contribution >= 0.6 is 0 Å². The van der Waals surface area contributed by atoms with Gasteiger partial charge in [-0.25, -0.2) is 22.0 Å². The van der Waals surface area contributed by atoms with Gasteiger partial charge in [0.05, 0.1) is 13.0 Å². The largest absolute Gasteiger partial charge is 0.469 e. The van der Waals surface area contributed by atoms with Gasteiger partial charge in [-0.05, 0) is 31.6 Å². The molecule has 0 saturated heterocycles. The Morgan fingerprint density at radius 2 is 1.65 bits per heavy atom. The van der Waals surface area contributed by atoms with Crippen LogP contribution in [0.3, 0.4) is 0 Å². The minimum absolute atomic E-state index is 0.114. The molecule has 0 unspecified atom stereocenters. The smallest absolute Gasteiger partial charge is 0.312 e. The summed E-state index contributed by atoms with van der Waals surface area (Å²) in [5.41, 5.74) is -0.848. The summed E-state index contributed by atoms with van der Waals surface area (Å²) in [5.74, 6) is -11.0. The lowest BCUT2D eigenvalue weighted by atomic mass is 9.80. The molecule has 1 aromatic carbocycles. The van der Waals surface area contributed by atoms with Crippen LogP contribution in [0.4, 0.5) is 22.0 Å². The van der Waals surface area contributed by atoms with Gasteiger partial charge in [-0.1, -0.05) is 12.2 Å². The minimum Gasteiger partial charge on any atom is -0.469 e. The van der Waals surface area contributed by atoms with Crippen molar-refractivity contribution >= 4 is 5.97 Å². The number of carbonyl (C=O) groups is 1. The quantitative estimate of drug-likeness (QED) is 0.273. The fraction of sp³-hybridized carbons (Fsp3) is 0.438. The summed E-state index contributed by atoms with van der Waals surface area (Å²) in [6, 6.07) is 0. The SMILES string of the molecule is COC(=O)[C@@H]1C=CCC[C@H]1CCc1c(F)c(F)c(F)c(F)c1F. The molecule has 0 spiro atoms. The highest BCUT2D eigenvalue weighted by Crippen LogP contribution is 2.32. The average molecular weight is 334 g/mol. The molecule has 0 saturated carbocycles. The van der Waals surface area contributed by atoms with Crippen molar-refractivity contribution in [2.45, 2.75) is 25.7 Å². The molecule has 1 aromatic rings. The molecular formula is C16H15F5O2. The highest BCUT2D eigenvalue weighted by atomic mass is 19.2. The van der Waals surface area contributed by atoms with Crippen molar-refractivity contribution in [3.8, 4) is 0 Å². The van der Waals surface area contributed by atoms with Crippen LogP contribution in [-0.4, -0.2) is 13.1 Å². The number of carbonyl (C=O) groups excluding carboxylic acids is 1. The summed E-state index contributed by atoms with van der Waals surface area (Å²) < 4.78 is 71.3. The molecule has 2 nitrogen and oxygen atoms in total. The molecule has 0 fully saturated rings. The minimum atomic E-state index is -2.17. The zero-order valence-electron chi connectivity index (χ0n) is 12.3. The topological polar surface area (TPSA) is 26.3 Å². The second-order valence-electron chi connectivity index (χ2n) is 5.40. The first-order valence-corrected chi connectivity index (χ1v) is 7.13. The van der Waals surface area contributed by atoms with E-state index in [1.807, 2.05) is 0 Å². The number of allylic oxidation sites excluding steroid dienone is 1. The summed E-state index contributed by atoms with van der Waals surface area (Å²) in [6.07, 6.45) is 4.47. The van der Waals surface area contributed by atoms with E-state index >= 15 is 0 Å². The van der Waals surface area contributed by atoms with E-state index in [2.05, 4.69) is 4.74 Å². The number of esters is 1. The van der Waals surface area contributed by atoms with Gasteiger partial charge in [0.1, 0.15) is 0 Å². The molecule has 0 aliphatic heterocycles. The van der Waals surface area contributed by atoms with Crippen LogP contribution in [-0.2, 0) is 16.0 Å². The molecule has 126 valence electrons. The van der Waals surface area contributed by atoms with Gasteiger partial charge in [0.25, 0.3) is 0 Å². The van der Waals surface area contributed by atoms with E-state index in [0.29, 0.717) is 12.8 Å². The Morgan fingerprint density at radius 3 is 2.22 bits per heavy atom. The predicted octanol–water partition coefficient (Wildman–Crippen LogP) is 4.07. The van der Waals surface area contributed by atoms with Crippen molar-refractivity contribution in [1.29, 1.82) is 0 Å². The molecule has 0 bridgehead atoms. The molecule has 0 radical (unpaired) electrons. The summed E-state index contributed by atoms with van der Waals surface area (Å²) in [6.45, 7) is 0. The van der Waals surface area contributed by atoms with Gasteiger partial charge in [0, 0.05) is 5.56 Å². The molecule has 0 amide bonds. The monoisotopic (exact) mass is 334 g/mol. The maximum atomic E-state index is 13.7. The van der Waals surface area contributed by atoms with Crippen LogP contribution < -0.4 is 0 Å². The highest BCUT2D eigenvalue weighted by Gasteiger charge is 2.30. The van der Waals surface area contributed by atoms with E-state index in [1.54, 1.807) is 12.2 Å². The van der Waals surface area contributed by atoms with E-state index in [4.69, 9.17) is 0 Å². The first-order valence-electron chi connectivity index (χ1n) is 7.13. The maximum Gasteiger partial charge on any atom is 0.312 e. The van der Waals surface area contributed by atoms with Crippen molar-refractivity contribution in [1.82, 2.24) is 0 Å². The zero-order valence-corrected chi connectivity index (χ0v) is 12.3. The summed E-state index contributed by atoms with van der Waals surface area (Å²) in [5, 5.41) is 0. The predicted molar refractivity (Wildman–Crippen MR) is 71.9 cm³/mol. The van der Waals surface area contributed by atoms with Crippen molar-refractivity contribution < 1.29 is 31.5 Å². The standard InChI is InChI=1S/C16H15F5O2/c1-23-16(22)9-5-3-2-4-8(9)6-7-10-11(17)13(19)15(21)14(20)12(10)18/h3,5,8-9H,2,4,6-7H2,1H3/t8-,9+/m0/s1. The molecule has 2 atom stereocenters. The number of benzene rings is 1. The summed E-state index contributed by atoms with van der Waals surface area (Å²) >= 11 is 0. The third-order valence-electron chi connectivity index (χ3n) is 4.09. The van der Waals surface area contributed by atoms with Gasteiger partial charge < -0.3 is 4.74 Å². The molecular weight excluding hydrogens is 319 g/mol. The van der Waals surface area contributed by atoms with E-state index in [1.165, 1.54) is 7.11 Å². The van der Waals surface area contributed by atoms with Gasteiger partial charge in [-0.3, -0.25) is 4.79 Å². The van der Waals surface area contributed by atoms with Gasteiger partial charge in [-0.2, -0.15) is 0 Å². The number of halogens is 5. The Labute approximate surface area is 129 Å². The molecule has 0 heterocycles. The Morgan fingerprint density at radius 1 is 1.09 bits per heavy atom. The van der Waals surface area contributed by atoms with E-state index in [-0.39, 0.29) is 18.8 Å². The molecule has 1 aliphatic rings. The lowest BCUT2D eigenvalue weighted by Gasteiger charge is -2.25. The van der Waals surface area contributed by atoms with Crippen molar-refractivity contribution in [2.75, 3.05) is 7.11 Å².